The second kappa shape index (κ2) is 5.40. The van der Waals surface area contributed by atoms with E-state index in [4.69, 9.17) is 9.47 Å². The normalized spacial score (nSPS) is 10.1. The van der Waals surface area contributed by atoms with Crippen LogP contribution < -0.4 is 9.47 Å². The van der Waals surface area contributed by atoms with Crippen molar-refractivity contribution < 1.29 is 14.3 Å². The van der Waals surface area contributed by atoms with Crippen LogP contribution in [0.4, 0.5) is 0 Å². The minimum atomic E-state index is 0.676. The highest BCUT2D eigenvalue weighted by Gasteiger charge is 2.05. The summed E-state index contributed by atoms with van der Waals surface area (Å²) in [4.78, 5) is 10.6. The Hall–Kier alpha value is -2.23. The summed E-state index contributed by atoms with van der Waals surface area (Å²) in [6, 6.07) is 7.56. The highest BCUT2D eigenvalue weighted by atomic mass is 16.5. The fraction of sp³-hybridized carbons (Fsp3) is 0.214. The Balaban J connectivity index is 2.21. The second-order valence-electron chi connectivity index (χ2n) is 3.92. The third-order valence-corrected chi connectivity index (χ3v) is 2.72. The van der Waals surface area contributed by atoms with Crippen molar-refractivity contribution in [2.24, 2.45) is 0 Å². The standard InChI is InChI=1S/C14H15NO3/c1-17-13-4-3-11(7-14(13)18-2)8-15-6-5-12(9-15)10-16/h3-7,9-10H,8H2,1-2H3. The van der Waals surface area contributed by atoms with Gasteiger partial charge in [0.15, 0.2) is 17.8 Å². The number of benzene rings is 1. The van der Waals surface area contributed by atoms with Crippen molar-refractivity contribution >= 4 is 6.29 Å². The average molecular weight is 245 g/mol. The van der Waals surface area contributed by atoms with Crippen LogP contribution in [0.15, 0.2) is 36.7 Å². The SMILES string of the molecule is COc1ccc(Cn2ccc(C=O)c2)cc1OC. The molecule has 0 radical (unpaired) electrons. The number of hydrogen-bond donors (Lipinski definition) is 0. The van der Waals surface area contributed by atoms with Crippen LogP contribution in [0.3, 0.4) is 0 Å². The summed E-state index contributed by atoms with van der Waals surface area (Å²) in [7, 11) is 3.22. The molecular formula is C14H15NO3. The minimum Gasteiger partial charge on any atom is -0.493 e. The van der Waals surface area contributed by atoms with Crippen molar-refractivity contribution in [3.8, 4) is 11.5 Å². The van der Waals surface area contributed by atoms with Gasteiger partial charge in [-0.15, -0.1) is 0 Å². The molecule has 0 N–H and O–H groups in total. The average Bonchev–Trinajstić information content (AvgIpc) is 2.86. The van der Waals surface area contributed by atoms with Crippen LogP contribution in [-0.4, -0.2) is 25.1 Å². The topological polar surface area (TPSA) is 40.5 Å². The molecule has 1 aromatic heterocycles. The number of aromatic nitrogens is 1. The molecule has 2 rings (SSSR count). The molecule has 4 nitrogen and oxygen atoms in total. The fourth-order valence-corrected chi connectivity index (χ4v) is 1.82. The van der Waals surface area contributed by atoms with E-state index < -0.39 is 0 Å². The maximum Gasteiger partial charge on any atom is 0.161 e. The van der Waals surface area contributed by atoms with Gasteiger partial charge in [-0.3, -0.25) is 4.79 Å². The number of methoxy groups -OCH3 is 2. The smallest absolute Gasteiger partial charge is 0.161 e. The van der Waals surface area contributed by atoms with Crippen LogP contribution >= 0.6 is 0 Å². The van der Waals surface area contributed by atoms with Crippen LogP contribution in [0.5, 0.6) is 11.5 Å². The van der Waals surface area contributed by atoms with E-state index in [-0.39, 0.29) is 0 Å². The van der Waals surface area contributed by atoms with Gasteiger partial charge in [0, 0.05) is 24.5 Å². The summed E-state index contributed by atoms with van der Waals surface area (Å²) in [5.41, 5.74) is 1.76. The third-order valence-electron chi connectivity index (χ3n) is 2.72. The van der Waals surface area contributed by atoms with Crippen LogP contribution in [0.1, 0.15) is 15.9 Å². The molecule has 0 atom stereocenters. The predicted octanol–water partition coefficient (Wildman–Crippen LogP) is 2.37. The molecule has 2 aromatic rings. The van der Waals surface area contributed by atoms with Gasteiger partial charge in [-0.1, -0.05) is 6.07 Å². The molecule has 4 heteroatoms. The molecule has 0 aliphatic heterocycles. The van der Waals surface area contributed by atoms with Crippen molar-refractivity contribution in [1.29, 1.82) is 0 Å². The zero-order chi connectivity index (χ0) is 13.0. The summed E-state index contributed by atoms with van der Waals surface area (Å²) < 4.78 is 12.4. The van der Waals surface area contributed by atoms with Crippen molar-refractivity contribution in [2.75, 3.05) is 14.2 Å². The molecule has 0 bridgehead atoms. The molecule has 0 spiro atoms. The molecule has 1 aromatic carbocycles. The molecule has 0 aliphatic carbocycles. The number of carbonyl (C=O) groups excluding carboxylic acids is 1. The first kappa shape index (κ1) is 12.2. The van der Waals surface area contributed by atoms with Crippen molar-refractivity contribution in [1.82, 2.24) is 4.57 Å². The molecule has 18 heavy (non-hydrogen) atoms. The van der Waals surface area contributed by atoms with E-state index in [1.807, 2.05) is 35.2 Å². The van der Waals surface area contributed by atoms with Gasteiger partial charge < -0.3 is 14.0 Å². The monoisotopic (exact) mass is 245 g/mol. The van der Waals surface area contributed by atoms with Gasteiger partial charge in [-0.05, 0) is 23.8 Å². The molecule has 1 heterocycles. The van der Waals surface area contributed by atoms with Crippen molar-refractivity contribution in [2.45, 2.75) is 6.54 Å². The lowest BCUT2D eigenvalue weighted by Gasteiger charge is -2.10. The van der Waals surface area contributed by atoms with Gasteiger partial charge >= 0.3 is 0 Å². The molecule has 94 valence electrons. The first-order chi connectivity index (χ1) is 8.76. The van der Waals surface area contributed by atoms with Crippen LogP contribution in [0, 0.1) is 0 Å². The second-order valence-corrected chi connectivity index (χ2v) is 3.92. The minimum absolute atomic E-state index is 0.676. The van der Waals surface area contributed by atoms with Crippen molar-refractivity contribution in [3.63, 3.8) is 0 Å². The van der Waals surface area contributed by atoms with Gasteiger partial charge in [-0.2, -0.15) is 0 Å². The van der Waals surface area contributed by atoms with Gasteiger partial charge in [0.05, 0.1) is 14.2 Å². The van der Waals surface area contributed by atoms with E-state index in [2.05, 4.69) is 0 Å². The van der Waals surface area contributed by atoms with E-state index in [1.165, 1.54) is 0 Å². The summed E-state index contributed by atoms with van der Waals surface area (Å²) in [6.07, 6.45) is 4.52. The lowest BCUT2D eigenvalue weighted by Crippen LogP contribution is -1.98. The summed E-state index contributed by atoms with van der Waals surface area (Å²) in [6.45, 7) is 0.689. The van der Waals surface area contributed by atoms with Crippen LogP contribution in [0.2, 0.25) is 0 Å². The Bertz CT molecular complexity index is 546. The Morgan fingerprint density at radius 3 is 2.56 bits per heavy atom. The molecule has 0 saturated heterocycles. The summed E-state index contributed by atoms with van der Waals surface area (Å²) in [5.74, 6) is 1.42. The van der Waals surface area contributed by atoms with Gasteiger partial charge in [0.2, 0.25) is 0 Å². The number of hydrogen-bond acceptors (Lipinski definition) is 3. The molecule has 0 saturated carbocycles. The largest absolute Gasteiger partial charge is 0.493 e. The third kappa shape index (κ3) is 2.53. The first-order valence-electron chi connectivity index (χ1n) is 5.58. The van der Waals surface area contributed by atoms with Crippen LogP contribution in [0.25, 0.3) is 0 Å². The number of nitrogens with zero attached hydrogens (tertiary/aromatic N) is 1. The fourth-order valence-electron chi connectivity index (χ4n) is 1.82. The number of rotatable bonds is 5. The summed E-state index contributed by atoms with van der Waals surface area (Å²) >= 11 is 0. The predicted molar refractivity (Wildman–Crippen MR) is 68.5 cm³/mol. The van der Waals surface area contributed by atoms with E-state index >= 15 is 0 Å². The van der Waals surface area contributed by atoms with E-state index in [1.54, 1.807) is 20.3 Å². The highest BCUT2D eigenvalue weighted by molar-refractivity contribution is 5.74. The molecule has 0 unspecified atom stereocenters. The Kier molecular flexibility index (Phi) is 3.67. The number of ether oxygens (including phenoxy) is 2. The lowest BCUT2D eigenvalue weighted by molar-refractivity contribution is 0.112. The lowest BCUT2D eigenvalue weighted by atomic mass is 10.2. The van der Waals surface area contributed by atoms with Gasteiger partial charge in [-0.25, -0.2) is 0 Å². The van der Waals surface area contributed by atoms with E-state index in [9.17, 15) is 4.79 Å². The number of aldehydes is 1. The zero-order valence-electron chi connectivity index (χ0n) is 10.4. The van der Waals surface area contributed by atoms with Crippen LogP contribution in [-0.2, 0) is 6.54 Å². The van der Waals surface area contributed by atoms with E-state index in [0.717, 1.165) is 11.8 Å². The van der Waals surface area contributed by atoms with Gasteiger partial charge in [0.25, 0.3) is 0 Å². The molecule has 0 aliphatic rings. The quantitative estimate of drug-likeness (QED) is 0.759. The van der Waals surface area contributed by atoms with Gasteiger partial charge in [0.1, 0.15) is 0 Å². The zero-order valence-corrected chi connectivity index (χ0v) is 10.4. The van der Waals surface area contributed by atoms with Crippen molar-refractivity contribution in [3.05, 3.63) is 47.8 Å². The van der Waals surface area contributed by atoms with E-state index in [0.29, 0.717) is 23.6 Å². The maximum absolute atomic E-state index is 10.6. The summed E-state index contributed by atoms with van der Waals surface area (Å²) in [5, 5.41) is 0. The molecular weight excluding hydrogens is 230 g/mol. The maximum atomic E-state index is 10.6. The first-order valence-corrected chi connectivity index (χ1v) is 5.58. The molecule has 0 amide bonds. The number of carbonyl (C=O) groups is 1. The Morgan fingerprint density at radius 1 is 1.17 bits per heavy atom. The Labute approximate surface area is 106 Å². The Morgan fingerprint density at radius 2 is 1.94 bits per heavy atom. The molecule has 0 fully saturated rings. The highest BCUT2D eigenvalue weighted by Crippen LogP contribution is 2.27.